The Morgan fingerprint density at radius 1 is 1.06 bits per heavy atom. The Hall–Kier alpha value is -3.10. The number of rotatable bonds is 8. The van der Waals surface area contributed by atoms with Crippen LogP contribution in [-0.2, 0) is 4.79 Å². The second-order valence-corrected chi connectivity index (χ2v) is 9.83. The Morgan fingerprint density at radius 3 is 2.50 bits per heavy atom. The van der Waals surface area contributed by atoms with E-state index in [0.717, 1.165) is 45.9 Å². The largest absolute Gasteiger partial charge is 0.457 e. The maximum atomic E-state index is 12.8. The van der Waals surface area contributed by atoms with Crippen LogP contribution in [0, 0.1) is 0 Å². The molecule has 1 N–H and O–H groups in total. The monoisotopic (exact) mass is 462 g/mol. The highest BCUT2D eigenvalue weighted by Crippen LogP contribution is 2.42. The van der Waals surface area contributed by atoms with Crippen LogP contribution in [0.15, 0.2) is 77.3 Å². The van der Waals surface area contributed by atoms with Gasteiger partial charge in [0.15, 0.2) is 11.0 Å². The lowest BCUT2D eigenvalue weighted by atomic mass is 10.3. The van der Waals surface area contributed by atoms with Crippen molar-refractivity contribution in [2.75, 3.05) is 5.32 Å². The highest BCUT2D eigenvalue weighted by Gasteiger charge is 2.31. The summed E-state index contributed by atoms with van der Waals surface area (Å²) >= 11 is 3.10. The van der Waals surface area contributed by atoms with Gasteiger partial charge < -0.3 is 10.1 Å². The molecule has 0 radical (unpaired) electrons. The number of thiophene rings is 1. The summed E-state index contributed by atoms with van der Waals surface area (Å²) in [6.45, 7) is 1.89. The molecule has 0 saturated heterocycles. The molecule has 6 nitrogen and oxygen atoms in total. The van der Waals surface area contributed by atoms with Gasteiger partial charge in [-0.15, -0.1) is 21.5 Å². The van der Waals surface area contributed by atoms with Crippen molar-refractivity contribution < 1.29 is 9.53 Å². The van der Waals surface area contributed by atoms with Crippen molar-refractivity contribution >= 4 is 34.7 Å². The average molecular weight is 463 g/mol. The molecule has 0 aliphatic heterocycles. The van der Waals surface area contributed by atoms with Gasteiger partial charge in [-0.2, -0.15) is 0 Å². The van der Waals surface area contributed by atoms with Gasteiger partial charge in [0.05, 0.1) is 10.1 Å². The summed E-state index contributed by atoms with van der Waals surface area (Å²) < 4.78 is 8.00. The van der Waals surface area contributed by atoms with Crippen molar-refractivity contribution in [1.29, 1.82) is 0 Å². The first kappa shape index (κ1) is 20.8. The van der Waals surface area contributed by atoms with E-state index < -0.39 is 0 Å². The molecule has 2 aromatic heterocycles. The van der Waals surface area contributed by atoms with Crippen LogP contribution in [0.25, 0.3) is 10.7 Å². The summed E-state index contributed by atoms with van der Waals surface area (Å²) in [5.74, 6) is 2.31. The molecule has 8 heteroatoms. The third-order valence-corrected chi connectivity index (χ3v) is 6.99. The molecule has 1 atom stereocenters. The molecule has 1 amide bonds. The van der Waals surface area contributed by atoms with E-state index in [1.807, 2.05) is 73.0 Å². The molecule has 0 spiro atoms. The van der Waals surface area contributed by atoms with E-state index in [-0.39, 0.29) is 11.2 Å². The van der Waals surface area contributed by atoms with Gasteiger partial charge in [0.2, 0.25) is 5.91 Å². The number of thioether (sulfide) groups is 1. The van der Waals surface area contributed by atoms with Crippen molar-refractivity contribution in [3.63, 3.8) is 0 Å². The highest BCUT2D eigenvalue weighted by molar-refractivity contribution is 8.00. The van der Waals surface area contributed by atoms with Crippen LogP contribution in [0.4, 0.5) is 5.69 Å². The van der Waals surface area contributed by atoms with Crippen LogP contribution < -0.4 is 10.1 Å². The van der Waals surface area contributed by atoms with E-state index in [0.29, 0.717) is 6.04 Å². The van der Waals surface area contributed by atoms with Crippen molar-refractivity contribution in [3.8, 4) is 22.2 Å². The first-order valence-corrected chi connectivity index (χ1v) is 12.2. The van der Waals surface area contributed by atoms with Gasteiger partial charge in [0, 0.05) is 11.7 Å². The standard InChI is InChI=1S/C24H22N4O2S2/c1-16(32-24-27-26-22(21-8-5-15-31-21)28(24)18-11-12-18)23(29)25-17-9-13-20(14-10-17)30-19-6-3-2-4-7-19/h2-10,13-16,18H,11-12H2,1H3,(H,25,29). The number of hydrogen-bond donors (Lipinski definition) is 1. The molecule has 5 rings (SSSR count). The fourth-order valence-electron chi connectivity index (χ4n) is 3.28. The van der Waals surface area contributed by atoms with E-state index in [9.17, 15) is 4.79 Å². The van der Waals surface area contributed by atoms with Crippen molar-refractivity contribution in [2.24, 2.45) is 0 Å². The van der Waals surface area contributed by atoms with Gasteiger partial charge in [-0.05, 0) is 67.6 Å². The molecule has 2 heterocycles. The Morgan fingerprint density at radius 2 is 1.81 bits per heavy atom. The number of nitrogens with zero attached hydrogens (tertiary/aromatic N) is 3. The van der Waals surface area contributed by atoms with Gasteiger partial charge in [-0.1, -0.05) is 36.0 Å². The predicted molar refractivity (Wildman–Crippen MR) is 129 cm³/mol. The Kier molecular flexibility index (Phi) is 5.96. The Bertz CT molecular complexity index is 1190. The summed E-state index contributed by atoms with van der Waals surface area (Å²) in [5.41, 5.74) is 0.728. The van der Waals surface area contributed by atoms with Gasteiger partial charge in [-0.3, -0.25) is 9.36 Å². The molecule has 2 aromatic carbocycles. The zero-order valence-electron chi connectivity index (χ0n) is 17.5. The molecule has 0 bridgehead atoms. The molecule has 1 aliphatic rings. The minimum atomic E-state index is -0.312. The number of hydrogen-bond acceptors (Lipinski definition) is 6. The van der Waals surface area contributed by atoms with Crippen LogP contribution in [0.3, 0.4) is 0 Å². The number of aromatic nitrogens is 3. The quantitative estimate of drug-likeness (QED) is 0.313. The number of nitrogens with one attached hydrogen (secondary N) is 1. The Balaban J connectivity index is 1.23. The topological polar surface area (TPSA) is 69.0 Å². The molecule has 32 heavy (non-hydrogen) atoms. The number of carbonyl (C=O) groups excluding carboxylic acids is 1. The number of carbonyl (C=O) groups is 1. The molecule has 1 unspecified atom stereocenters. The van der Waals surface area contributed by atoms with Crippen molar-refractivity contribution in [2.45, 2.75) is 36.2 Å². The second-order valence-electron chi connectivity index (χ2n) is 7.57. The van der Waals surface area contributed by atoms with E-state index >= 15 is 0 Å². The van der Waals surface area contributed by atoms with Crippen molar-refractivity contribution in [3.05, 3.63) is 72.1 Å². The molecule has 162 valence electrons. The fraction of sp³-hybridized carbons (Fsp3) is 0.208. The fourth-order valence-corrected chi connectivity index (χ4v) is 4.90. The number of amides is 1. The van der Waals surface area contributed by atoms with Crippen LogP contribution >= 0.6 is 23.1 Å². The van der Waals surface area contributed by atoms with E-state index in [1.54, 1.807) is 11.3 Å². The number of para-hydroxylation sites is 1. The summed E-state index contributed by atoms with van der Waals surface area (Å²) in [5, 5.41) is 14.3. The minimum absolute atomic E-state index is 0.0743. The van der Waals surface area contributed by atoms with Crippen LogP contribution in [-0.4, -0.2) is 25.9 Å². The molecule has 1 aliphatic carbocycles. The molecule has 4 aromatic rings. The number of benzene rings is 2. The van der Waals surface area contributed by atoms with Gasteiger partial charge in [0.1, 0.15) is 11.5 Å². The number of ether oxygens (including phenoxy) is 1. The van der Waals surface area contributed by atoms with Crippen molar-refractivity contribution in [1.82, 2.24) is 14.8 Å². The third kappa shape index (κ3) is 4.71. The second kappa shape index (κ2) is 9.18. The maximum absolute atomic E-state index is 12.8. The summed E-state index contributed by atoms with van der Waals surface area (Å²) in [6.07, 6.45) is 2.25. The average Bonchev–Trinajstić information content (AvgIpc) is 3.33. The first-order valence-electron chi connectivity index (χ1n) is 10.5. The Labute approximate surface area is 194 Å². The smallest absolute Gasteiger partial charge is 0.237 e. The third-order valence-electron chi connectivity index (χ3n) is 5.07. The van der Waals surface area contributed by atoms with E-state index in [1.165, 1.54) is 11.8 Å². The van der Waals surface area contributed by atoms with E-state index in [2.05, 4.69) is 26.1 Å². The van der Waals surface area contributed by atoms with Gasteiger partial charge in [0.25, 0.3) is 0 Å². The molecular weight excluding hydrogens is 440 g/mol. The summed E-state index contributed by atoms with van der Waals surface area (Å²) in [7, 11) is 0. The summed E-state index contributed by atoms with van der Waals surface area (Å²) in [4.78, 5) is 13.9. The molecular formula is C24H22N4O2S2. The summed E-state index contributed by atoms with van der Waals surface area (Å²) in [6, 6.07) is 21.5. The first-order chi connectivity index (χ1) is 15.7. The minimum Gasteiger partial charge on any atom is -0.457 e. The maximum Gasteiger partial charge on any atom is 0.237 e. The normalized spacial score (nSPS) is 14.2. The van der Waals surface area contributed by atoms with E-state index in [4.69, 9.17) is 4.74 Å². The van der Waals surface area contributed by atoms with Gasteiger partial charge >= 0.3 is 0 Å². The van der Waals surface area contributed by atoms with Crippen LogP contribution in [0.1, 0.15) is 25.8 Å². The lowest BCUT2D eigenvalue weighted by Crippen LogP contribution is -2.22. The number of anilines is 1. The van der Waals surface area contributed by atoms with Crippen LogP contribution in [0.5, 0.6) is 11.5 Å². The lowest BCUT2D eigenvalue weighted by molar-refractivity contribution is -0.115. The lowest BCUT2D eigenvalue weighted by Gasteiger charge is -2.13. The molecule has 1 fully saturated rings. The SMILES string of the molecule is CC(Sc1nnc(-c2cccs2)n1C1CC1)C(=O)Nc1ccc(Oc2ccccc2)cc1. The zero-order chi connectivity index (χ0) is 21.9. The predicted octanol–water partition coefficient (Wildman–Crippen LogP) is 6.25. The highest BCUT2D eigenvalue weighted by atomic mass is 32.2. The van der Waals surface area contributed by atoms with Gasteiger partial charge in [-0.25, -0.2) is 0 Å². The molecule has 1 saturated carbocycles. The zero-order valence-corrected chi connectivity index (χ0v) is 19.1. The van der Waals surface area contributed by atoms with Crippen LogP contribution in [0.2, 0.25) is 0 Å².